The molecule has 0 atom stereocenters. The predicted molar refractivity (Wildman–Crippen MR) is 128 cm³/mol. The maximum atomic E-state index is 12.6. The quantitative estimate of drug-likeness (QED) is 0.473. The van der Waals surface area contributed by atoms with Crippen LogP contribution in [0.1, 0.15) is 29.0 Å². The molecule has 1 aliphatic rings. The number of hydrogen-bond acceptors (Lipinski definition) is 6. The molecule has 2 aromatic carbocycles. The van der Waals surface area contributed by atoms with Crippen LogP contribution in [-0.2, 0) is 0 Å². The lowest BCUT2D eigenvalue weighted by molar-refractivity contribution is 0.102. The lowest BCUT2D eigenvalue weighted by Gasteiger charge is -2.17. The van der Waals surface area contributed by atoms with Crippen LogP contribution in [0.5, 0.6) is 0 Å². The highest BCUT2D eigenvalue weighted by Gasteiger charge is 2.15. The Kier molecular flexibility index (Phi) is 5.37. The van der Waals surface area contributed by atoms with Gasteiger partial charge in [0.15, 0.2) is 0 Å². The van der Waals surface area contributed by atoms with Crippen LogP contribution in [0.4, 0.5) is 23.1 Å². The number of nitrogens with one attached hydrogen (secondary N) is 2. The van der Waals surface area contributed by atoms with Crippen molar-refractivity contribution in [3.05, 3.63) is 78.1 Å². The average molecular weight is 425 g/mol. The van der Waals surface area contributed by atoms with Gasteiger partial charge in [-0.05, 0) is 56.2 Å². The number of aryl methyl sites for hydroxylation is 1. The van der Waals surface area contributed by atoms with Gasteiger partial charge in [-0.1, -0.05) is 24.3 Å². The van der Waals surface area contributed by atoms with Crippen molar-refractivity contribution >= 4 is 40.0 Å². The molecule has 0 bridgehead atoms. The molecule has 1 aliphatic heterocycles. The summed E-state index contributed by atoms with van der Waals surface area (Å²) < 4.78 is 0. The maximum absolute atomic E-state index is 12.6. The topological polar surface area (TPSA) is 83.0 Å². The number of para-hydroxylation sites is 1. The zero-order valence-corrected chi connectivity index (χ0v) is 17.9. The molecule has 5 rings (SSSR count). The lowest BCUT2D eigenvalue weighted by Crippen LogP contribution is -2.19. The summed E-state index contributed by atoms with van der Waals surface area (Å²) in [6.07, 6.45) is 2.40. The number of nitrogens with zero attached hydrogens (tertiary/aromatic N) is 4. The first-order valence-corrected chi connectivity index (χ1v) is 10.8. The fourth-order valence-corrected chi connectivity index (χ4v) is 3.87. The van der Waals surface area contributed by atoms with Gasteiger partial charge in [0.2, 0.25) is 5.95 Å². The highest BCUT2D eigenvalue weighted by molar-refractivity contribution is 6.04. The second-order valence-electron chi connectivity index (χ2n) is 7.93. The minimum Gasteiger partial charge on any atom is -0.356 e. The van der Waals surface area contributed by atoms with E-state index in [2.05, 4.69) is 30.5 Å². The normalized spacial score (nSPS) is 13.3. The molecule has 7 heteroatoms. The number of benzene rings is 2. The summed E-state index contributed by atoms with van der Waals surface area (Å²) in [5.41, 5.74) is 3.65. The number of rotatable bonds is 5. The van der Waals surface area contributed by atoms with Crippen LogP contribution in [0.25, 0.3) is 10.9 Å². The molecule has 7 nitrogen and oxygen atoms in total. The molecule has 2 N–H and O–H groups in total. The van der Waals surface area contributed by atoms with Crippen molar-refractivity contribution in [3.63, 3.8) is 0 Å². The Bertz CT molecular complexity index is 1270. The van der Waals surface area contributed by atoms with E-state index in [1.807, 2.05) is 67.6 Å². The number of amides is 1. The standard InChI is InChI=1S/C25H24N6O/c1-17-16-23(31-14-4-5-15-31)30-25(26-17)28-20-11-9-19(10-12-20)27-24(32)22-13-8-18-6-2-3-7-21(18)29-22/h2-3,6-13,16H,4-5,14-15H2,1H3,(H,27,32)(H,26,28,30). The van der Waals surface area contributed by atoms with Gasteiger partial charge in [-0.25, -0.2) is 9.97 Å². The van der Waals surface area contributed by atoms with E-state index in [9.17, 15) is 4.79 Å². The third kappa shape index (κ3) is 4.37. The molecule has 0 spiro atoms. The van der Waals surface area contributed by atoms with E-state index in [1.54, 1.807) is 6.07 Å². The van der Waals surface area contributed by atoms with Crippen LogP contribution in [0, 0.1) is 6.92 Å². The number of hydrogen-bond donors (Lipinski definition) is 2. The van der Waals surface area contributed by atoms with Crippen molar-refractivity contribution in [1.82, 2.24) is 15.0 Å². The smallest absolute Gasteiger partial charge is 0.274 e. The Labute approximate surface area is 186 Å². The molecule has 0 aliphatic carbocycles. The van der Waals surface area contributed by atoms with Gasteiger partial charge in [0, 0.05) is 41.6 Å². The van der Waals surface area contributed by atoms with E-state index in [1.165, 1.54) is 12.8 Å². The minimum absolute atomic E-state index is 0.242. The summed E-state index contributed by atoms with van der Waals surface area (Å²) in [5, 5.41) is 7.17. The van der Waals surface area contributed by atoms with E-state index >= 15 is 0 Å². The Balaban J connectivity index is 1.27. The largest absolute Gasteiger partial charge is 0.356 e. The second kappa shape index (κ2) is 8.63. The Morgan fingerprint density at radius 1 is 0.875 bits per heavy atom. The molecule has 0 radical (unpaired) electrons. The molecule has 0 unspecified atom stereocenters. The predicted octanol–water partition coefficient (Wildman–Crippen LogP) is 4.93. The van der Waals surface area contributed by atoms with Crippen LogP contribution < -0.4 is 15.5 Å². The molecule has 1 saturated heterocycles. The fourth-order valence-electron chi connectivity index (χ4n) is 3.87. The number of fused-ring (bicyclic) bond motifs is 1. The Hall–Kier alpha value is -4.00. The number of carbonyl (C=O) groups is 1. The first-order chi connectivity index (χ1) is 15.6. The summed E-state index contributed by atoms with van der Waals surface area (Å²) in [7, 11) is 0. The van der Waals surface area contributed by atoms with E-state index in [4.69, 9.17) is 0 Å². The van der Waals surface area contributed by atoms with Gasteiger partial charge in [0.05, 0.1) is 5.52 Å². The maximum Gasteiger partial charge on any atom is 0.274 e. The van der Waals surface area contributed by atoms with E-state index < -0.39 is 0 Å². The summed E-state index contributed by atoms with van der Waals surface area (Å²) >= 11 is 0. The van der Waals surface area contributed by atoms with E-state index in [0.717, 1.165) is 41.2 Å². The van der Waals surface area contributed by atoms with Crippen LogP contribution >= 0.6 is 0 Å². The highest BCUT2D eigenvalue weighted by Crippen LogP contribution is 2.23. The number of aromatic nitrogens is 3. The molecule has 2 aromatic heterocycles. The first kappa shape index (κ1) is 19.9. The summed E-state index contributed by atoms with van der Waals surface area (Å²) in [5.74, 6) is 1.29. The molecule has 160 valence electrons. The molecular formula is C25H24N6O. The molecule has 4 aromatic rings. The summed E-state index contributed by atoms with van der Waals surface area (Å²) in [6.45, 7) is 4.05. The molecule has 1 fully saturated rings. The zero-order valence-electron chi connectivity index (χ0n) is 17.9. The zero-order chi connectivity index (χ0) is 21.9. The van der Waals surface area contributed by atoms with Crippen molar-refractivity contribution in [3.8, 4) is 0 Å². The number of pyridine rings is 1. The average Bonchev–Trinajstić information content (AvgIpc) is 3.35. The van der Waals surface area contributed by atoms with Crippen molar-refractivity contribution in [1.29, 1.82) is 0 Å². The third-order valence-corrected chi connectivity index (χ3v) is 5.50. The van der Waals surface area contributed by atoms with Crippen LogP contribution in [0.15, 0.2) is 66.7 Å². The van der Waals surface area contributed by atoms with Gasteiger partial charge >= 0.3 is 0 Å². The molecule has 32 heavy (non-hydrogen) atoms. The van der Waals surface area contributed by atoms with Crippen molar-refractivity contribution in [2.45, 2.75) is 19.8 Å². The molecular weight excluding hydrogens is 400 g/mol. The molecule has 3 heterocycles. The highest BCUT2D eigenvalue weighted by atomic mass is 16.1. The van der Waals surface area contributed by atoms with Gasteiger partial charge < -0.3 is 15.5 Å². The lowest BCUT2D eigenvalue weighted by atomic mass is 10.2. The first-order valence-electron chi connectivity index (χ1n) is 10.8. The van der Waals surface area contributed by atoms with Crippen molar-refractivity contribution in [2.75, 3.05) is 28.6 Å². The minimum atomic E-state index is -0.242. The summed E-state index contributed by atoms with van der Waals surface area (Å²) in [4.78, 5) is 28.5. The van der Waals surface area contributed by atoms with Crippen LogP contribution in [0.3, 0.4) is 0 Å². The van der Waals surface area contributed by atoms with Crippen molar-refractivity contribution < 1.29 is 4.79 Å². The van der Waals surface area contributed by atoms with Gasteiger partial charge in [-0.15, -0.1) is 0 Å². The molecule has 1 amide bonds. The van der Waals surface area contributed by atoms with Gasteiger partial charge in [-0.3, -0.25) is 4.79 Å². The van der Waals surface area contributed by atoms with E-state index in [0.29, 0.717) is 17.3 Å². The SMILES string of the molecule is Cc1cc(N2CCCC2)nc(Nc2ccc(NC(=O)c3ccc4ccccc4n3)cc2)n1. The summed E-state index contributed by atoms with van der Waals surface area (Å²) in [6, 6.07) is 20.9. The third-order valence-electron chi connectivity index (χ3n) is 5.50. The van der Waals surface area contributed by atoms with Crippen LogP contribution in [0.2, 0.25) is 0 Å². The molecule has 0 saturated carbocycles. The van der Waals surface area contributed by atoms with Gasteiger partial charge in [-0.2, -0.15) is 4.98 Å². The van der Waals surface area contributed by atoms with Gasteiger partial charge in [0.1, 0.15) is 11.5 Å². The van der Waals surface area contributed by atoms with Crippen LogP contribution in [-0.4, -0.2) is 33.9 Å². The monoisotopic (exact) mass is 424 g/mol. The second-order valence-corrected chi connectivity index (χ2v) is 7.93. The fraction of sp³-hybridized carbons (Fsp3) is 0.200. The van der Waals surface area contributed by atoms with Gasteiger partial charge in [0.25, 0.3) is 5.91 Å². The Morgan fingerprint density at radius 2 is 1.62 bits per heavy atom. The number of carbonyl (C=O) groups excluding carboxylic acids is 1. The Morgan fingerprint density at radius 3 is 2.44 bits per heavy atom. The van der Waals surface area contributed by atoms with Crippen molar-refractivity contribution in [2.24, 2.45) is 0 Å². The van der Waals surface area contributed by atoms with E-state index in [-0.39, 0.29) is 5.91 Å². The number of anilines is 4.